The summed E-state index contributed by atoms with van der Waals surface area (Å²) in [6.45, 7) is 0. The van der Waals surface area contributed by atoms with Gasteiger partial charge in [0.15, 0.2) is 0 Å². The zero-order valence-corrected chi connectivity index (χ0v) is 13.3. The highest BCUT2D eigenvalue weighted by Gasteiger charge is 2.32. The average molecular weight is 310 g/mol. The van der Waals surface area contributed by atoms with Crippen LogP contribution in [-0.2, 0) is 0 Å². The van der Waals surface area contributed by atoms with Crippen LogP contribution in [0.5, 0.6) is 0 Å². The molecule has 0 aromatic heterocycles. The van der Waals surface area contributed by atoms with Gasteiger partial charge in [-0.3, -0.25) is 0 Å². The summed E-state index contributed by atoms with van der Waals surface area (Å²) in [5, 5.41) is 4.13. The monoisotopic (exact) mass is 309 g/mol. The lowest BCUT2D eigenvalue weighted by molar-refractivity contribution is 0.180. The molecular formula is C18H25ClFN. The smallest absolute Gasteiger partial charge is 0.124 e. The first-order valence-electron chi connectivity index (χ1n) is 8.45. The Kier molecular flexibility index (Phi) is 5.05. The van der Waals surface area contributed by atoms with Crippen molar-refractivity contribution in [1.82, 2.24) is 0 Å². The molecule has 0 bridgehead atoms. The number of hydrogen-bond acceptors (Lipinski definition) is 1. The molecule has 2 fully saturated rings. The van der Waals surface area contributed by atoms with E-state index in [1.807, 2.05) is 0 Å². The van der Waals surface area contributed by atoms with E-state index in [4.69, 9.17) is 11.6 Å². The molecule has 3 heteroatoms. The summed E-state index contributed by atoms with van der Waals surface area (Å²) in [4.78, 5) is 0. The molecule has 1 nitrogen and oxygen atoms in total. The van der Waals surface area contributed by atoms with E-state index in [1.165, 1.54) is 69.9 Å². The van der Waals surface area contributed by atoms with Crippen molar-refractivity contribution in [2.75, 3.05) is 5.32 Å². The van der Waals surface area contributed by atoms with Crippen LogP contribution in [0.15, 0.2) is 18.2 Å². The van der Waals surface area contributed by atoms with Gasteiger partial charge in [0.25, 0.3) is 0 Å². The summed E-state index contributed by atoms with van der Waals surface area (Å²) in [7, 11) is 0. The molecule has 2 unspecified atom stereocenters. The Morgan fingerprint density at radius 1 is 0.952 bits per heavy atom. The Morgan fingerprint density at radius 3 is 2.43 bits per heavy atom. The molecule has 2 aliphatic rings. The van der Waals surface area contributed by atoms with Gasteiger partial charge in [-0.25, -0.2) is 4.39 Å². The second-order valence-electron chi connectivity index (χ2n) is 6.72. The molecule has 2 saturated carbocycles. The zero-order valence-electron chi connectivity index (χ0n) is 12.6. The summed E-state index contributed by atoms with van der Waals surface area (Å²) in [5.74, 6) is 1.37. The van der Waals surface area contributed by atoms with Gasteiger partial charge >= 0.3 is 0 Å². The minimum absolute atomic E-state index is 0.266. The van der Waals surface area contributed by atoms with E-state index in [-0.39, 0.29) is 5.82 Å². The van der Waals surface area contributed by atoms with Gasteiger partial charge in [0.1, 0.15) is 5.82 Å². The quantitative estimate of drug-likeness (QED) is 0.718. The first-order chi connectivity index (χ1) is 10.2. The van der Waals surface area contributed by atoms with Crippen molar-refractivity contribution < 1.29 is 4.39 Å². The maximum atomic E-state index is 13.2. The number of rotatable bonds is 3. The van der Waals surface area contributed by atoms with E-state index in [0.29, 0.717) is 11.1 Å². The van der Waals surface area contributed by atoms with Crippen molar-refractivity contribution >= 4 is 17.3 Å². The predicted octanol–water partition coefficient (Wildman–Crippen LogP) is 6.03. The molecule has 21 heavy (non-hydrogen) atoms. The lowest BCUT2D eigenvalue weighted by Crippen LogP contribution is -2.37. The summed E-state index contributed by atoms with van der Waals surface area (Å²) in [5.41, 5.74) is 0.894. The Balaban J connectivity index is 1.71. The van der Waals surface area contributed by atoms with Gasteiger partial charge < -0.3 is 5.32 Å². The topological polar surface area (TPSA) is 12.0 Å². The third kappa shape index (κ3) is 3.71. The molecule has 3 rings (SSSR count). The van der Waals surface area contributed by atoms with Crippen LogP contribution in [0.1, 0.15) is 57.8 Å². The molecule has 0 radical (unpaired) electrons. The van der Waals surface area contributed by atoms with Crippen LogP contribution >= 0.6 is 11.6 Å². The predicted molar refractivity (Wildman–Crippen MR) is 87.4 cm³/mol. The minimum Gasteiger partial charge on any atom is -0.381 e. The van der Waals surface area contributed by atoms with Crippen LogP contribution in [0.3, 0.4) is 0 Å². The van der Waals surface area contributed by atoms with E-state index in [1.54, 1.807) is 6.07 Å². The number of hydrogen-bond donors (Lipinski definition) is 1. The first-order valence-corrected chi connectivity index (χ1v) is 8.83. The summed E-state index contributed by atoms with van der Waals surface area (Å²) in [6, 6.07) is 5.18. The van der Waals surface area contributed by atoms with E-state index in [9.17, 15) is 4.39 Å². The highest BCUT2D eigenvalue weighted by Crippen LogP contribution is 2.40. The molecule has 0 aliphatic heterocycles. The van der Waals surface area contributed by atoms with E-state index >= 15 is 0 Å². The third-order valence-electron chi connectivity index (χ3n) is 5.35. The summed E-state index contributed by atoms with van der Waals surface area (Å²) < 4.78 is 13.2. The molecule has 0 amide bonds. The van der Waals surface area contributed by atoms with E-state index in [0.717, 1.165) is 17.5 Å². The van der Waals surface area contributed by atoms with E-state index < -0.39 is 0 Å². The van der Waals surface area contributed by atoms with Gasteiger partial charge in [-0.15, -0.1) is 0 Å². The van der Waals surface area contributed by atoms with Gasteiger partial charge in [-0.05, 0) is 42.9 Å². The van der Waals surface area contributed by atoms with Crippen LogP contribution in [-0.4, -0.2) is 6.04 Å². The summed E-state index contributed by atoms with van der Waals surface area (Å²) in [6.07, 6.45) is 12.2. The Bertz CT molecular complexity index is 470. The second-order valence-corrected chi connectivity index (χ2v) is 7.13. The fourth-order valence-corrected chi connectivity index (χ4v) is 4.49. The maximum Gasteiger partial charge on any atom is 0.124 e. The van der Waals surface area contributed by atoms with Crippen molar-refractivity contribution in [1.29, 1.82) is 0 Å². The van der Waals surface area contributed by atoms with Crippen LogP contribution in [0, 0.1) is 17.7 Å². The van der Waals surface area contributed by atoms with Crippen molar-refractivity contribution in [2.45, 2.75) is 63.8 Å². The number of halogens is 2. The largest absolute Gasteiger partial charge is 0.381 e. The van der Waals surface area contributed by atoms with Crippen molar-refractivity contribution in [2.24, 2.45) is 11.8 Å². The molecule has 1 N–H and O–H groups in total. The zero-order chi connectivity index (χ0) is 14.7. The summed E-state index contributed by atoms with van der Waals surface area (Å²) >= 11 is 6.18. The van der Waals surface area contributed by atoms with Gasteiger partial charge in [0.05, 0.1) is 10.7 Å². The van der Waals surface area contributed by atoms with Gasteiger partial charge in [-0.2, -0.15) is 0 Å². The Hall–Kier alpha value is -0.760. The van der Waals surface area contributed by atoms with Crippen molar-refractivity contribution in [3.8, 4) is 0 Å². The molecule has 0 heterocycles. The highest BCUT2D eigenvalue weighted by molar-refractivity contribution is 6.33. The molecule has 1 aromatic rings. The van der Waals surface area contributed by atoms with Gasteiger partial charge in [-0.1, -0.05) is 56.5 Å². The van der Waals surface area contributed by atoms with E-state index in [2.05, 4.69) is 5.32 Å². The van der Waals surface area contributed by atoms with Crippen molar-refractivity contribution in [3.63, 3.8) is 0 Å². The minimum atomic E-state index is -0.266. The molecular weight excluding hydrogens is 285 g/mol. The number of nitrogens with one attached hydrogen (secondary N) is 1. The number of benzene rings is 1. The molecule has 0 spiro atoms. The second kappa shape index (κ2) is 7.00. The van der Waals surface area contributed by atoms with Crippen molar-refractivity contribution in [3.05, 3.63) is 29.0 Å². The van der Waals surface area contributed by atoms with Gasteiger partial charge in [0.2, 0.25) is 0 Å². The lowest BCUT2D eigenvalue weighted by Gasteiger charge is -2.40. The fraction of sp³-hybridized carbons (Fsp3) is 0.667. The standard InChI is InChI=1S/C18H25ClFN/c19-16-12-14(20)10-11-18(16)21-17-9-5-4-8-15(17)13-6-2-1-3-7-13/h10-13,15,17,21H,1-9H2. The first kappa shape index (κ1) is 15.1. The fourth-order valence-electron chi connectivity index (χ4n) is 4.27. The molecule has 0 saturated heterocycles. The Labute approximate surface area is 132 Å². The van der Waals surface area contributed by atoms with Crippen LogP contribution in [0.4, 0.5) is 10.1 Å². The normalized spacial score (nSPS) is 27.5. The maximum absolute atomic E-state index is 13.2. The lowest BCUT2D eigenvalue weighted by atomic mass is 9.71. The number of anilines is 1. The highest BCUT2D eigenvalue weighted by atomic mass is 35.5. The molecule has 1 aromatic carbocycles. The van der Waals surface area contributed by atoms with Gasteiger partial charge in [0, 0.05) is 6.04 Å². The molecule has 2 aliphatic carbocycles. The van der Waals surface area contributed by atoms with Crippen LogP contribution < -0.4 is 5.32 Å². The average Bonchev–Trinajstić information content (AvgIpc) is 2.51. The van der Waals surface area contributed by atoms with Crippen LogP contribution in [0.25, 0.3) is 0 Å². The van der Waals surface area contributed by atoms with Crippen LogP contribution in [0.2, 0.25) is 5.02 Å². The third-order valence-corrected chi connectivity index (χ3v) is 5.66. The molecule has 2 atom stereocenters. The SMILES string of the molecule is Fc1ccc(NC2CCCCC2C2CCCCC2)c(Cl)c1. The Morgan fingerprint density at radius 2 is 1.67 bits per heavy atom. The molecule has 116 valence electrons.